The van der Waals surface area contributed by atoms with Crippen molar-refractivity contribution in [1.29, 1.82) is 0 Å². The molecule has 1 aromatic heterocycles. The minimum Gasteiger partial charge on any atom is -0.362 e. The van der Waals surface area contributed by atoms with Gasteiger partial charge < -0.3 is 15.1 Å². The SMILES string of the molecule is CN=C(NCc1cccnc1N(C)C)N1CCC(Cc2ccccc2)C1. The molecule has 5 heteroatoms. The number of benzene rings is 1. The average Bonchev–Trinajstić information content (AvgIpc) is 3.11. The lowest BCUT2D eigenvalue weighted by Gasteiger charge is -2.23. The summed E-state index contributed by atoms with van der Waals surface area (Å²) < 4.78 is 0. The zero-order valence-corrected chi connectivity index (χ0v) is 16.0. The van der Waals surface area contributed by atoms with Crippen LogP contribution in [0.1, 0.15) is 17.5 Å². The molecule has 3 rings (SSSR count). The summed E-state index contributed by atoms with van der Waals surface area (Å²) in [6, 6.07) is 14.9. The molecule has 0 saturated carbocycles. The van der Waals surface area contributed by atoms with Crippen LogP contribution in [0.5, 0.6) is 0 Å². The van der Waals surface area contributed by atoms with Crippen LogP contribution in [0.15, 0.2) is 53.7 Å². The number of nitrogens with one attached hydrogen (secondary N) is 1. The highest BCUT2D eigenvalue weighted by Crippen LogP contribution is 2.21. The van der Waals surface area contributed by atoms with Gasteiger partial charge in [0.25, 0.3) is 0 Å². The van der Waals surface area contributed by atoms with Crippen LogP contribution in [0.25, 0.3) is 0 Å². The van der Waals surface area contributed by atoms with E-state index in [1.807, 2.05) is 38.3 Å². The number of likely N-dealkylation sites (tertiary alicyclic amines) is 1. The summed E-state index contributed by atoms with van der Waals surface area (Å²) in [5.41, 5.74) is 2.60. The topological polar surface area (TPSA) is 43.8 Å². The van der Waals surface area contributed by atoms with E-state index in [1.54, 1.807) is 0 Å². The highest BCUT2D eigenvalue weighted by atomic mass is 15.3. The quantitative estimate of drug-likeness (QED) is 0.664. The number of hydrogen-bond donors (Lipinski definition) is 1. The number of guanidine groups is 1. The van der Waals surface area contributed by atoms with Gasteiger partial charge in [-0.2, -0.15) is 0 Å². The zero-order chi connectivity index (χ0) is 18.4. The van der Waals surface area contributed by atoms with Crippen LogP contribution >= 0.6 is 0 Å². The molecule has 0 spiro atoms. The molecule has 1 saturated heterocycles. The van der Waals surface area contributed by atoms with Crippen LogP contribution in [0, 0.1) is 5.92 Å². The van der Waals surface area contributed by atoms with E-state index in [9.17, 15) is 0 Å². The second kappa shape index (κ2) is 8.70. The maximum atomic E-state index is 4.50. The van der Waals surface area contributed by atoms with Gasteiger partial charge in [-0.15, -0.1) is 0 Å². The Kier molecular flexibility index (Phi) is 6.10. The van der Waals surface area contributed by atoms with Gasteiger partial charge in [-0.1, -0.05) is 36.4 Å². The molecule has 2 aromatic rings. The maximum absolute atomic E-state index is 4.50. The van der Waals surface area contributed by atoms with Crippen LogP contribution in [0.3, 0.4) is 0 Å². The number of aromatic nitrogens is 1. The van der Waals surface area contributed by atoms with E-state index in [0.717, 1.165) is 37.8 Å². The Hall–Kier alpha value is -2.56. The Morgan fingerprint density at radius 3 is 2.77 bits per heavy atom. The zero-order valence-electron chi connectivity index (χ0n) is 16.0. The molecule has 1 unspecified atom stereocenters. The van der Waals surface area contributed by atoms with E-state index in [2.05, 4.69) is 56.6 Å². The minimum absolute atomic E-state index is 0.687. The molecular weight excluding hydrogens is 322 g/mol. The van der Waals surface area contributed by atoms with Crippen LogP contribution in [-0.4, -0.2) is 50.1 Å². The molecule has 138 valence electrons. The van der Waals surface area contributed by atoms with Gasteiger partial charge in [0.05, 0.1) is 0 Å². The van der Waals surface area contributed by atoms with Crippen molar-refractivity contribution in [2.75, 3.05) is 39.1 Å². The third-order valence-electron chi connectivity index (χ3n) is 4.89. The fraction of sp³-hybridized carbons (Fsp3) is 0.429. The highest BCUT2D eigenvalue weighted by Gasteiger charge is 2.25. The summed E-state index contributed by atoms with van der Waals surface area (Å²) in [5.74, 6) is 2.67. The predicted octanol–water partition coefficient (Wildman–Crippen LogP) is 2.79. The monoisotopic (exact) mass is 351 g/mol. The second-order valence-corrected chi connectivity index (χ2v) is 7.07. The number of nitrogens with zero attached hydrogens (tertiary/aromatic N) is 4. The lowest BCUT2D eigenvalue weighted by Crippen LogP contribution is -2.40. The molecule has 0 aliphatic carbocycles. The summed E-state index contributed by atoms with van der Waals surface area (Å²) >= 11 is 0. The summed E-state index contributed by atoms with van der Waals surface area (Å²) in [4.78, 5) is 13.4. The number of hydrogen-bond acceptors (Lipinski definition) is 3. The normalized spacial score (nSPS) is 17.4. The van der Waals surface area contributed by atoms with Gasteiger partial charge in [-0.05, 0) is 30.4 Å². The molecule has 0 radical (unpaired) electrons. The maximum Gasteiger partial charge on any atom is 0.193 e. The Labute approximate surface area is 156 Å². The molecule has 1 aliphatic heterocycles. The van der Waals surface area contributed by atoms with Gasteiger partial charge in [0, 0.05) is 52.5 Å². The first kappa shape index (κ1) is 18.2. The summed E-state index contributed by atoms with van der Waals surface area (Å²) in [5, 5.41) is 3.52. The first-order valence-electron chi connectivity index (χ1n) is 9.28. The van der Waals surface area contributed by atoms with Crippen molar-refractivity contribution in [3.63, 3.8) is 0 Å². The fourth-order valence-electron chi connectivity index (χ4n) is 3.62. The van der Waals surface area contributed by atoms with Crippen LogP contribution in [0.2, 0.25) is 0 Å². The van der Waals surface area contributed by atoms with Crippen molar-refractivity contribution in [3.8, 4) is 0 Å². The number of anilines is 1. The van der Waals surface area contributed by atoms with E-state index >= 15 is 0 Å². The van der Waals surface area contributed by atoms with Crippen molar-refractivity contribution in [1.82, 2.24) is 15.2 Å². The number of aliphatic imine (C=N–C) groups is 1. The Balaban J connectivity index is 1.57. The fourth-order valence-corrected chi connectivity index (χ4v) is 3.62. The van der Waals surface area contributed by atoms with Gasteiger partial charge in [0.15, 0.2) is 5.96 Å². The van der Waals surface area contributed by atoms with E-state index in [1.165, 1.54) is 17.5 Å². The minimum atomic E-state index is 0.687. The molecule has 1 aliphatic rings. The first-order valence-corrected chi connectivity index (χ1v) is 9.28. The molecule has 1 atom stereocenters. The molecule has 5 nitrogen and oxygen atoms in total. The number of rotatable bonds is 5. The lowest BCUT2D eigenvalue weighted by molar-refractivity contribution is 0.460. The van der Waals surface area contributed by atoms with Crippen molar-refractivity contribution >= 4 is 11.8 Å². The van der Waals surface area contributed by atoms with Crippen LogP contribution in [0.4, 0.5) is 5.82 Å². The van der Waals surface area contributed by atoms with E-state index in [4.69, 9.17) is 0 Å². The van der Waals surface area contributed by atoms with Crippen molar-refractivity contribution in [2.24, 2.45) is 10.9 Å². The summed E-state index contributed by atoms with van der Waals surface area (Å²) in [6.07, 6.45) is 4.19. The van der Waals surface area contributed by atoms with Crippen molar-refractivity contribution in [2.45, 2.75) is 19.4 Å². The summed E-state index contributed by atoms with van der Waals surface area (Å²) in [7, 11) is 5.91. The van der Waals surface area contributed by atoms with E-state index in [-0.39, 0.29) is 0 Å². The highest BCUT2D eigenvalue weighted by molar-refractivity contribution is 5.80. The Morgan fingerprint density at radius 2 is 2.04 bits per heavy atom. The molecule has 0 amide bonds. The first-order chi connectivity index (χ1) is 12.7. The summed E-state index contributed by atoms with van der Waals surface area (Å²) in [6.45, 7) is 2.85. The molecule has 1 fully saturated rings. The largest absolute Gasteiger partial charge is 0.362 e. The van der Waals surface area contributed by atoms with Crippen molar-refractivity contribution < 1.29 is 0 Å². The van der Waals surface area contributed by atoms with E-state index < -0.39 is 0 Å². The van der Waals surface area contributed by atoms with E-state index in [0.29, 0.717) is 5.92 Å². The lowest BCUT2D eigenvalue weighted by atomic mass is 9.99. The van der Waals surface area contributed by atoms with Gasteiger partial charge >= 0.3 is 0 Å². The Bertz CT molecular complexity index is 726. The van der Waals surface area contributed by atoms with Gasteiger partial charge in [0.2, 0.25) is 0 Å². The van der Waals surface area contributed by atoms with Gasteiger partial charge in [0.1, 0.15) is 5.82 Å². The van der Waals surface area contributed by atoms with Crippen molar-refractivity contribution in [3.05, 3.63) is 59.8 Å². The standard InChI is InChI=1S/C21H29N5/c1-22-21(24-15-19-10-7-12-23-20(19)25(2)3)26-13-11-18(16-26)14-17-8-5-4-6-9-17/h4-10,12,18H,11,13-16H2,1-3H3,(H,22,24). The molecule has 1 aromatic carbocycles. The predicted molar refractivity (Wildman–Crippen MR) is 109 cm³/mol. The molecule has 2 heterocycles. The van der Waals surface area contributed by atoms with Gasteiger partial charge in [-0.3, -0.25) is 4.99 Å². The molecule has 0 bridgehead atoms. The Morgan fingerprint density at radius 1 is 1.23 bits per heavy atom. The van der Waals surface area contributed by atoms with Crippen LogP contribution in [-0.2, 0) is 13.0 Å². The smallest absolute Gasteiger partial charge is 0.193 e. The third-order valence-corrected chi connectivity index (χ3v) is 4.89. The molecule has 1 N–H and O–H groups in total. The molecule has 26 heavy (non-hydrogen) atoms. The second-order valence-electron chi connectivity index (χ2n) is 7.07. The average molecular weight is 351 g/mol. The molecular formula is C21H29N5. The van der Waals surface area contributed by atoms with Gasteiger partial charge in [-0.25, -0.2) is 4.98 Å². The number of pyridine rings is 1. The third kappa shape index (κ3) is 4.54. The van der Waals surface area contributed by atoms with Crippen LogP contribution < -0.4 is 10.2 Å².